The number of hydrogen-bond acceptors (Lipinski definition) is 4. The molecule has 0 bridgehead atoms. The van der Waals surface area contributed by atoms with Crippen LogP contribution in [0.1, 0.15) is 21.7 Å². The highest BCUT2D eigenvalue weighted by molar-refractivity contribution is 5.95. The average molecular weight is 289 g/mol. The number of benzene rings is 1. The van der Waals surface area contributed by atoms with Crippen molar-refractivity contribution < 1.29 is 19.8 Å². The van der Waals surface area contributed by atoms with Gasteiger partial charge in [-0.05, 0) is 30.7 Å². The number of H-pyrrole nitrogens is 1. The van der Waals surface area contributed by atoms with E-state index in [0.717, 1.165) is 0 Å². The highest BCUT2D eigenvalue weighted by atomic mass is 16.4. The van der Waals surface area contributed by atoms with Crippen LogP contribution in [0.2, 0.25) is 0 Å². The molecular weight excluding hydrogens is 274 g/mol. The molecule has 1 heterocycles. The minimum absolute atomic E-state index is 0.0988. The number of carbonyl (C=O) groups is 2. The second kappa shape index (κ2) is 6.08. The van der Waals surface area contributed by atoms with Gasteiger partial charge in [-0.25, -0.2) is 4.79 Å². The summed E-state index contributed by atoms with van der Waals surface area (Å²) < 4.78 is 0. The molecule has 2 aromatic rings. The Morgan fingerprint density at radius 1 is 1.33 bits per heavy atom. The number of aromatic hydroxyl groups is 1. The van der Waals surface area contributed by atoms with E-state index in [1.54, 1.807) is 19.1 Å². The number of nitrogens with one attached hydrogen (secondary N) is 2. The first-order chi connectivity index (χ1) is 9.95. The maximum Gasteiger partial charge on any atom is 0.326 e. The van der Waals surface area contributed by atoms with Crippen LogP contribution in [0, 0.1) is 6.92 Å². The first-order valence-electron chi connectivity index (χ1n) is 6.29. The summed E-state index contributed by atoms with van der Waals surface area (Å²) in [7, 11) is 0. The van der Waals surface area contributed by atoms with Crippen molar-refractivity contribution in [1.29, 1.82) is 0 Å². The maximum absolute atomic E-state index is 11.9. The SMILES string of the molecule is Cc1cc(C(=O)NC(Cc2ccc(O)cc2)C(=O)O)n[nH]1. The average Bonchev–Trinajstić information content (AvgIpc) is 2.87. The van der Waals surface area contributed by atoms with E-state index in [-0.39, 0.29) is 17.9 Å². The van der Waals surface area contributed by atoms with E-state index in [9.17, 15) is 19.8 Å². The van der Waals surface area contributed by atoms with Crippen LogP contribution in [0.4, 0.5) is 0 Å². The van der Waals surface area contributed by atoms with Crippen molar-refractivity contribution in [3.05, 3.63) is 47.3 Å². The molecule has 7 heteroatoms. The second-order valence-corrected chi connectivity index (χ2v) is 4.67. The fourth-order valence-electron chi connectivity index (χ4n) is 1.83. The summed E-state index contributed by atoms with van der Waals surface area (Å²) >= 11 is 0. The van der Waals surface area contributed by atoms with Gasteiger partial charge in [0.15, 0.2) is 0 Å². The Labute approximate surface area is 120 Å². The third kappa shape index (κ3) is 3.82. The number of aliphatic carboxylic acids is 1. The Morgan fingerprint density at radius 2 is 2.00 bits per heavy atom. The van der Waals surface area contributed by atoms with E-state index in [1.165, 1.54) is 18.2 Å². The zero-order valence-electron chi connectivity index (χ0n) is 11.3. The molecule has 0 saturated heterocycles. The van der Waals surface area contributed by atoms with Gasteiger partial charge < -0.3 is 15.5 Å². The Bertz CT molecular complexity index is 648. The number of carboxylic acid groups (broad SMARTS) is 1. The van der Waals surface area contributed by atoms with E-state index in [4.69, 9.17) is 0 Å². The first-order valence-corrected chi connectivity index (χ1v) is 6.29. The summed E-state index contributed by atoms with van der Waals surface area (Å²) in [6, 6.07) is 6.61. The molecule has 2 rings (SSSR count). The van der Waals surface area contributed by atoms with E-state index in [0.29, 0.717) is 11.3 Å². The summed E-state index contributed by atoms with van der Waals surface area (Å²) in [5.41, 5.74) is 1.55. The van der Waals surface area contributed by atoms with Crippen molar-refractivity contribution in [3.8, 4) is 5.75 Å². The number of carbonyl (C=O) groups excluding carboxylic acids is 1. The first kappa shape index (κ1) is 14.6. The molecule has 1 unspecified atom stereocenters. The normalized spacial score (nSPS) is 11.9. The van der Waals surface area contributed by atoms with Crippen LogP contribution >= 0.6 is 0 Å². The van der Waals surface area contributed by atoms with Crippen molar-refractivity contribution in [2.45, 2.75) is 19.4 Å². The smallest absolute Gasteiger partial charge is 0.326 e. The van der Waals surface area contributed by atoms with Gasteiger partial charge in [0.2, 0.25) is 0 Å². The number of amides is 1. The fraction of sp³-hybridized carbons (Fsp3) is 0.214. The lowest BCUT2D eigenvalue weighted by Gasteiger charge is -2.13. The standard InChI is InChI=1S/C14H15N3O4/c1-8-6-11(17-16-8)13(19)15-12(14(20)21)7-9-2-4-10(18)5-3-9/h2-6,12,18H,7H2,1H3,(H,15,19)(H,16,17)(H,20,21). The topological polar surface area (TPSA) is 115 Å². The van der Waals surface area contributed by atoms with E-state index in [2.05, 4.69) is 15.5 Å². The zero-order chi connectivity index (χ0) is 15.4. The molecule has 0 aliphatic carbocycles. The summed E-state index contributed by atoms with van der Waals surface area (Å²) in [5.74, 6) is -1.59. The zero-order valence-corrected chi connectivity index (χ0v) is 11.3. The van der Waals surface area contributed by atoms with Gasteiger partial charge in [0, 0.05) is 12.1 Å². The molecular formula is C14H15N3O4. The summed E-state index contributed by atoms with van der Waals surface area (Å²) in [5, 5.41) is 27.2. The molecule has 0 radical (unpaired) electrons. The van der Waals surface area contributed by atoms with Crippen molar-refractivity contribution in [1.82, 2.24) is 15.5 Å². The highest BCUT2D eigenvalue weighted by Gasteiger charge is 2.22. The summed E-state index contributed by atoms with van der Waals surface area (Å²) in [6.45, 7) is 1.74. The molecule has 0 spiro atoms. The van der Waals surface area contributed by atoms with Gasteiger partial charge in [0.1, 0.15) is 17.5 Å². The lowest BCUT2D eigenvalue weighted by Crippen LogP contribution is -2.42. The second-order valence-electron chi connectivity index (χ2n) is 4.67. The monoisotopic (exact) mass is 289 g/mol. The number of aromatic nitrogens is 2. The number of hydrogen-bond donors (Lipinski definition) is 4. The highest BCUT2D eigenvalue weighted by Crippen LogP contribution is 2.11. The van der Waals surface area contributed by atoms with Crippen LogP contribution < -0.4 is 5.32 Å². The summed E-state index contributed by atoms with van der Waals surface area (Å²) in [4.78, 5) is 23.2. The fourth-order valence-corrected chi connectivity index (χ4v) is 1.83. The third-order valence-corrected chi connectivity index (χ3v) is 2.92. The Balaban J connectivity index is 2.07. The van der Waals surface area contributed by atoms with E-state index >= 15 is 0 Å². The van der Waals surface area contributed by atoms with Gasteiger partial charge in [0.25, 0.3) is 5.91 Å². The number of aryl methyl sites for hydroxylation is 1. The molecule has 1 aromatic carbocycles. The molecule has 0 aliphatic rings. The quantitative estimate of drug-likeness (QED) is 0.651. The minimum Gasteiger partial charge on any atom is -0.508 e. The van der Waals surface area contributed by atoms with Gasteiger partial charge >= 0.3 is 5.97 Å². The number of aromatic amines is 1. The predicted octanol–water partition coefficient (Wildman–Crippen LogP) is 0.849. The van der Waals surface area contributed by atoms with Crippen molar-refractivity contribution in [3.63, 3.8) is 0 Å². The molecule has 1 atom stereocenters. The molecule has 21 heavy (non-hydrogen) atoms. The lowest BCUT2D eigenvalue weighted by molar-refractivity contribution is -0.139. The molecule has 4 N–H and O–H groups in total. The van der Waals surface area contributed by atoms with Gasteiger partial charge in [-0.2, -0.15) is 5.10 Å². The van der Waals surface area contributed by atoms with Crippen LogP contribution in [-0.4, -0.2) is 38.3 Å². The predicted molar refractivity (Wildman–Crippen MR) is 74.0 cm³/mol. The van der Waals surface area contributed by atoms with Gasteiger partial charge in [-0.15, -0.1) is 0 Å². The minimum atomic E-state index is -1.14. The largest absolute Gasteiger partial charge is 0.508 e. The van der Waals surface area contributed by atoms with Gasteiger partial charge in [-0.1, -0.05) is 12.1 Å². The van der Waals surface area contributed by atoms with Crippen LogP contribution in [0.3, 0.4) is 0 Å². The van der Waals surface area contributed by atoms with Crippen molar-refractivity contribution in [2.75, 3.05) is 0 Å². The van der Waals surface area contributed by atoms with E-state index < -0.39 is 17.9 Å². The number of phenolic OH excluding ortho intramolecular Hbond substituents is 1. The summed E-state index contributed by atoms with van der Waals surface area (Å²) in [6.07, 6.45) is 0.116. The Kier molecular flexibility index (Phi) is 4.22. The van der Waals surface area contributed by atoms with Gasteiger partial charge in [0.05, 0.1) is 0 Å². The Morgan fingerprint density at radius 3 is 2.52 bits per heavy atom. The molecule has 0 saturated carbocycles. The number of phenols is 1. The lowest BCUT2D eigenvalue weighted by atomic mass is 10.1. The van der Waals surface area contributed by atoms with E-state index in [1.807, 2.05) is 0 Å². The van der Waals surface area contributed by atoms with Gasteiger partial charge in [-0.3, -0.25) is 9.89 Å². The Hall–Kier alpha value is -2.83. The number of nitrogens with zero attached hydrogens (tertiary/aromatic N) is 1. The molecule has 110 valence electrons. The molecule has 1 amide bonds. The number of carboxylic acids is 1. The molecule has 0 fully saturated rings. The van der Waals surface area contributed by atoms with Crippen molar-refractivity contribution in [2.24, 2.45) is 0 Å². The maximum atomic E-state index is 11.9. The third-order valence-electron chi connectivity index (χ3n) is 2.92. The molecule has 0 aliphatic heterocycles. The van der Waals surface area contributed by atoms with Crippen LogP contribution in [0.15, 0.2) is 30.3 Å². The van der Waals surface area contributed by atoms with Crippen LogP contribution in [0.5, 0.6) is 5.75 Å². The van der Waals surface area contributed by atoms with Crippen LogP contribution in [0.25, 0.3) is 0 Å². The molecule has 1 aromatic heterocycles. The molecule has 7 nitrogen and oxygen atoms in total. The number of rotatable bonds is 5. The van der Waals surface area contributed by atoms with Crippen LogP contribution in [-0.2, 0) is 11.2 Å². The van der Waals surface area contributed by atoms with Crippen molar-refractivity contribution >= 4 is 11.9 Å².